The van der Waals surface area contributed by atoms with Crippen molar-refractivity contribution in [2.75, 3.05) is 9.71 Å². The number of benzene rings is 8. The van der Waals surface area contributed by atoms with Crippen molar-refractivity contribution in [3.8, 4) is 22.3 Å². The van der Waals surface area contributed by atoms with Gasteiger partial charge in [-0.05, 0) is 103 Å². The number of nitrogens with zero attached hydrogens (tertiary/aromatic N) is 2. The highest BCUT2D eigenvalue weighted by atomic mass is 32.1. The second-order valence-electron chi connectivity index (χ2n) is 18.9. The first kappa shape index (κ1) is 36.3. The van der Waals surface area contributed by atoms with Gasteiger partial charge in [-0.2, -0.15) is 0 Å². The summed E-state index contributed by atoms with van der Waals surface area (Å²) in [5.41, 5.74) is 16.8. The molecule has 0 unspecified atom stereocenters. The molecule has 0 amide bonds. The molecule has 2 aliphatic rings. The lowest BCUT2D eigenvalue weighted by Gasteiger charge is -2.45. The molecule has 0 radical (unpaired) electrons. The van der Waals surface area contributed by atoms with Crippen LogP contribution in [0.15, 0.2) is 168 Å². The SMILES string of the molecule is CC(C)(C)c1ccc(N2B3c4c(cc5ccccc5c4N(c4ccc(C(C)(C)C)cc4-c4ccccc4)c4sc5ccccc5c43)-c3cc4c(cc32)oc2ccccc24)cc1. The lowest BCUT2D eigenvalue weighted by molar-refractivity contribution is 0.590. The van der Waals surface area contributed by atoms with Crippen molar-refractivity contribution >= 4 is 99.7 Å². The number of hydrogen-bond donors (Lipinski definition) is 0. The topological polar surface area (TPSA) is 19.6 Å². The molecular formula is C56H45BN2OS. The van der Waals surface area contributed by atoms with Crippen molar-refractivity contribution in [3.05, 3.63) is 175 Å². The van der Waals surface area contributed by atoms with Crippen molar-refractivity contribution in [3.63, 3.8) is 0 Å². The van der Waals surface area contributed by atoms with Crippen LogP contribution < -0.4 is 20.6 Å². The van der Waals surface area contributed by atoms with Gasteiger partial charge in [-0.1, -0.05) is 151 Å². The van der Waals surface area contributed by atoms with E-state index < -0.39 is 0 Å². The van der Waals surface area contributed by atoms with Crippen LogP contribution in [0, 0.1) is 0 Å². The summed E-state index contributed by atoms with van der Waals surface area (Å²) < 4.78 is 7.97. The zero-order valence-corrected chi connectivity index (χ0v) is 36.2. The molecule has 61 heavy (non-hydrogen) atoms. The summed E-state index contributed by atoms with van der Waals surface area (Å²) in [5.74, 6) is 0. The first-order valence-corrected chi connectivity index (χ1v) is 22.3. The van der Waals surface area contributed by atoms with Gasteiger partial charge in [0.1, 0.15) is 11.2 Å². The summed E-state index contributed by atoms with van der Waals surface area (Å²) >= 11 is 1.91. The van der Waals surface area contributed by atoms with Crippen LogP contribution in [0.5, 0.6) is 0 Å². The molecule has 2 aliphatic heterocycles. The Bertz CT molecular complexity index is 3400. The number of furan rings is 1. The van der Waals surface area contributed by atoms with E-state index in [4.69, 9.17) is 4.42 Å². The van der Waals surface area contributed by atoms with Crippen molar-refractivity contribution in [2.24, 2.45) is 0 Å². The maximum Gasteiger partial charge on any atom is 0.334 e. The lowest BCUT2D eigenvalue weighted by Crippen LogP contribution is -2.61. The Hall–Kier alpha value is -6.56. The Morgan fingerprint density at radius 1 is 0.492 bits per heavy atom. The smallest absolute Gasteiger partial charge is 0.334 e. The third kappa shape index (κ3) is 5.43. The average molecular weight is 805 g/mol. The molecule has 8 aromatic carbocycles. The Kier molecular flexibility index (Phi) is 7.72. The zero-order valence-electron chi connectivity index (χ0n) is 35.4. The molecule has 3 nitrogen and oxygen atoms in total. The fraction of sp³-hybridized carbons (Fsp3) is 0.143. The standard InChI is InChI=1S/C56H45BN2OS/c1-55(2,3)36-24-27-38(28-25-36)59-47-33-49-44(40-20-12-14-22-48(40)60-49)32-43(47)45-30-35-18-10-11-19-39(35)53-51(45)57(59)52-41-21-13-15-23-50(41)61-54(52)58(53)46-29-26-37(56(4,5)6)31-42(46)34-16-8-7-9-17-34/h7-33H,1-6H3. The fourth-order valence-electron chi connectivity index (χ4n) is 10.1. The van der Waals surface area contributed by atoms with E-state index in [2.05, 4.69) is 215 Å². The van der Waals surface area contributed by atoms with Crippen LogP contribution in [-0.4, -0.2) is 6.85 Å². The molecule has 4 heterocycles. The van der Waals surface area contributed by atoms with E-state index in [1.807, 2.05) is 11.3 Å². The van der Waals surface area contributed by atoms with E-state index in [1.165, 1.54) is 81.5 Å². The zero-order chi connectivity index (χ0) is 41.4. The number of para-hydroxylation sites is 1. The summed E-state index contributed by atoms with van der Waals surface area (Å²) in [5, 5.41) is 7.29. The molecule has 12 rings (SSSR count). The van der Waals surface area contributed by atoms with Gasteiger partial charge in [0.15, 0.2) is 0 Å². The lowest BCUT2D eigenvalue weighted by atomic mass is 9.43. The van der Waals surface area contributed by atoms with Gasteiger partial charge in [-0.25, -0.2) is 0 Å². The van der Waals surface area contributed by atoms with Crippen LogP contribution in [0.4, 0.5) is 27.8 Å². The Morgan fingerprint density at radius 2 is 1.16 bits per heavy atom. The van der Waals surface area contributed by atoms with Crippen LogP contribution in [0.3, 0.4) is 0 Å². The van der Waals surface area contributed by atoms with Gasteiger partial charge in [0.25, 0.3) is 0 Å². The summed E-state index contributed by atoms with van der Waals surface area (Å²) in [7, 11) is 0. The van der Waals surface area contributed by atoms with E-state index in [1.54, 1.807) is 0 Å². The van der Waals surface area contributed by atoms with Crippen LogP contribution in [-0.2, 0) is 10.8 Å². The molecule has 5 heteroatoms. The van der Waals surface area contributed by atoms with Gasteiger partial charge in [0.2, 0.25) is 0 Å². The monoisotopic (exact) mass is 804 g/mol. The van der Waals surface area contributed by atoms with Gasteiger partial charge in [0, 0.05) is 49.4 Å². The van der Waals surface area contributed by atoms with Crippen LogP contribution in [0.25, 0.3) is 65.1 Å². The number of anilines is 5. The molecule has 0 fully saturated rings. The van der Waals surface area contributed by atoms with E-state index in [-0.39, 0.29) is 17.7 Å². The number of thiophene rings is 1. The van der Waals surface area contributed by atoms with Gasteiger partial charge in [0.05, 0.1) is 16.4 Å². The van der Waals surface area contributed by atoms with E-state index in [0.29, 0.717) is 0 Å². The largest absolute Gasteiger partial charge is 0.456 e. The van der Waals surface area contributed by atoms with Gasteiger partial charge in [-0.15, -0.1) is 11.3 Å². The molecular weight excluding hydrogens is 760 g/mol. The minimum atomic E-state index is -0.124. The van der Waals surface area contributed by atoms with Crippen molar-refractivity contribution in [1.29, 1.82) is 0 Å². The van der Waals surface area contributed by atoms with Crippen LogP contribution in [0.1, 0.15) is 52.7 Å². The Morgan fingerprint density at radius 3 is 1.93 bits per heavy atom. The Balaban J connectivity index is 1.25. The van der Waals surface area contributed by atoms with Crippen molar-refractivity contribution in [2.45, 2.75) is 52.4 Å². The molecule has 0 N–H and O–H groups in total. The quantitative estimate of drug-likeness (QED) is 0.166. The molecule has 0 aliphatic carbocycles. The van der Waals surface area contributed by atoms with Crippen molar-refractivity contribution in [1.82, 2.24) is 0 Å². The Labute approximate surface area is 361 Å². The molecule has 0 saturated heterocycles. The van der Waals surface area contributed by atoms with Crippen molar-refractivity contribution < 1.29 is 4.42 Å². The first-order valence-electron chi connectivity index (χ1n) is 21.5. The minimum absolute atomic E-state index is 0.0220. The molecule has 0 saturated carbocycles. The first-order chi connectivity index (χ1) is 29.5. The summed E-state index contributed by atoms with van der Waals surface area (Å²) in [6.07, 6.45) is 0. The highest BCUT2D eigenvalue weighted by molar-refractivity contribution is 7.26. The predicted octanol–water partition coefficient (Wildman–Crippen LogP) is 14.9. The summed E-state index contributed by atoms with van der Waals surface area (Å²) in [6, 6.07) is 61.3. The second-order valence-corrected chi connectivity index (χ2v) is 20.0. The molecule has 294 valence electrons. The predicted molar refractivity (Wildman–Crippen MR) is 263 cm³/mol. The third-order valence-corrected chi connectivity index (χ3v) is 14.3. The third-order valence-electron chi connectivity index (χ3n) is 13.2. The highest BCUT2D eigenvalue weighted by Crippen LogP contribution is 2.54. The van der Waals surface area contributed by atoms with E-state index >= 15 is 0 Å². The minimum Gasteiger partial charge on any atom is -0.456 e. The summed E-state index contributed by atoms with van der Waals surface area (Å²) in [4.78, 5) is 5.27. The fourth-order valence-corrected chi connectivity index (χ4v) is 11.3. The van der Waals surface area contributed by atoms with Gasteiger partial charge < -0.3 is 14.1 Å². The number of fused-ring (bicyclic) bond motifs is 11. The van der Waals surface area contributed by atoms with Crippen LogP contribution >= 0.6 is 11.3 Å². The molecule has 0 atom stereocenters. The molecule has 2 aromatic heterocycles. The van der Waals surface area contributed by atoms with Gasteiger partial charge >= 0.3 is 6.85 Å². The van der Waals surface area contributed by atoms with E-state index in [9.17, 15) is 0 Å². The normalized spacial score (nSPS) is 13.6. The second kappa shape index (κ2) is 13.0. The maximum atomic E-state index is 6.69. The number of rotatable bonds is 3. The number of hydrogen-bond acceptors (Lipinski definition) is 4. The van der Waals surface area contributed by atoms with Gasteiger partial charge in [-0.3, -0.25) is 0 Å². The van der Waals surface area contributed by atoms with E-state index in [0.717, 1.165) is 33.3 Å². The molecule has 0 spiro atoms. The molecule has 10 aromatic rings. The highest BCUT2D eigenvalue weighted by Gasteiger charge is 2.48. The molecule has 0 bridgehead atoms. The van der Waals surface area contributed by atoms with Crippen LogP contribution in [0.2, 0.25) is 0 Å². The summed E-state index contributed by atoms with van der Waals surface area (Å²) in [6.45, 7) is 13.7. The average Bonchev–Trinajstić information content (AvgIpc) is 3.83. The maximum absolute atomic E-state index is 6.69.